The van der Waals surface area contributed by atoms with Crippen molar-refractivity contribution in [3.63, 3.8) is 0 Å². The summed E-state index contributed by atoms with van der Waals surface area (Å²) in [6.07, 6.45) is 3.93. The summed E-state index contributed by atoms with van der Waals surface area (Å²) in [6, 6.07) is 15.7. The minimum absolute atomic E-state index is 0.309. The normalized spacial score (nSPS) is 20.1. The van der Waals surface area contributed by atoms with Gasteiger partial charge in [0.1, 0.15) is 0 Å². The van der Waals surface area contributed by atoms with Gasteiger partial charge in [-0.3, -0.25) is 9.80 Å². The van der Waals surface area contributed by atoms with Gasteiger partial charge in [-0.15, -0.1) is 0 Å². The highest BCUT2D eigenvalue weighted by Crippen LogP contribution is 2.50. The van der Waals surface area contributed by atoms with Crippen molar-refractivity contribution in [2.45, 2.75) is 50.9 Å². The van der Waals surface area contributed by atoms with Crippen LogP contribution in [0.4, 0.5) is 0 Å². The third kappa shape index (κ3) is 5.40. The standard InChI is InChI=1S/C21H23NO5.C20H21NO4/c1-23-19-8-13-6-16-14-9-18-17(26-11-27-18)7-12(14)4-5-22(16)10-15(13)20(24-2)21(19)25-3;1-22-17-7-13-5-16-15-9-20-19(24-11-25-20)6-12(15)3-4-21(16)10-14(13)8-18(17)23-2/h7-9,16H,4-6,10-11H2,1-3H3;6-9,16H,3-5,10-11H2,1-2H3. The predicted octanol–water partition coefficient (Wildman–Crippen LogP) is 6.18. The fourth-order valence-corrected chi connectivity index (χ4v) is 8.90. The zero-order valence-corrected chi connectivity index (χ0v) is 30.3. The fourth-order valence-electron chi connectivity index (χ4n) is 8.90. The first kappa shape index (κ1) is 32.9. The molecule has 6 aliphatic rings. The summed E-state index contributed by atoms with van der Waals surface area (Å²) in [5.74, 6) is 7.24. The van der Waals surface area contributed by atoms with Gasteiger partial charge in [-0.05, 0) is 107 Å². The molecule has 0 amide bonds. The summed E-state index contributed by atoms with van der Waals surface area (Å²) in [5, 5.41) is 0. The van der Waals surface area contributed by atoms with E-state index in [0.29, 0.717) is 37.2 Å². The highest BCUT2D eigenvalue weighted by atomic mass is 16.7. The highest BCUT2D eigenvalue weighted by molar-refractivity contribution is 5.61. The summed E-state index contributed by atoms with van der Waals surface area (Å²) in [6.45, 7) is 4.47. The molecule has 11 heteroatoms. The second kappa shape index (κ2) is 13.2. The molecular formula is C41H44N2O9. The molecule has 4 aromatic carbocycles. The maximum atomic E-state index is 5.72. The average Bonchev–Trinajstić information content (AvgIpc) is 3.85. The number of rotatable bonds is 5. The Hall–Kier alpha value is -5.00. The van der Waals surface area contributed by atoms with Crippen LogP contribution < -0.4 is 42.6 Å². The van der Waals surface area contributed by atoms with E-state index in [4.69, 9.17) is 42.6 Å². The van der Waals surface area contributed by atoms with Crippen LogP contribution >= 0.6 is 0 Å². The molecule has 6 aliphatic heterocycles. The number of nitrogens with zero attached hydrogens (tertiary/aromatic N) is 2. The van der Waals surface area contributed by atoms with Gasteiger partial charge in [-0.2, -0.15) is 0 Å². The lowest BCUT2D eigenvalue weighted by Crippen LogP contribution is -2.39. The van der Waals surface area contributed by atoms with E-state index in [9.17, 15) is 0 Å². The molecule has 0 bridgehead atoms. The largest absolute Gasteiger partial charge is 0.493 e. The Morgan fingerprint density at radius 3 is 1.50 bits per heavy atom. The zero-order chi connectivity index (χ0) is 35.5. The van der Waals surface area contributed by atoms with Crippen LogP contribution in [-0.4, -0.2) is 72.0 Å². The molecule has 4 aromatic rings. The molecule has 0 N–H and O–H groups in total. The maximum Gasteiger partial charge on any atom is 0.231 e. The van der Waals surface area contributed by atoms with Crippen LogP contribution in [0.2, 0.25) is 0 Å². The second-order valence-corrected chi connectivity index (χ2v) is 13.9. The molecule has 52 heavy (non-hydrogen) atoms. The van der Waals surface area contributed by atoms with Crippen LogP contribution in [0.5, 0.6) is 51.7 Å². The third-order valence-electron chi connectivity index (χ3n) is 11.5. The lowest BCUT2D eigenvalue weighted by Gasteiger charge is -2.42. The molecule has 272 valence electrons. The van der Waals surface area contributed by atoms with Crippen molar-refractivity contribution in [1.82, 2.24) is 9.80 Å². The third-order valence-corrected chi connectivity index (χ3v) is 11.5. The lowest BCUT2D eigenvalue weighted by molar-refractivity contribution is 0.157. The van der Waals surface area contributed by atoms with E-state index in [1.165, 1.54) is 44.5 Å². The van der Waals surface area contributed by atoms with Gasteiger partial charge in [0, 0.05) is 43.8 Å². The zero-order valence-electron chi connectivity index (χ0n) is 30.3. The predicted molar refractivity (Wildman–Crippen MR) is 192 cm³/mol. The molecule has 0 fully saturated rings. The molecule has 0 saturated heterocycles. The summed E-state index contributed by atoms with van der Waals surface area (Å²) in [5.41, 5.74) is 10.6. The summed E-state index contributed by atoms with van der Waals surface area (Å²) in [7, 11) is 8.38. The van der Waals surface area contributed by atoms with Gasteiger partial charge in [0.25, 0.3) is 0 Å². The number of methoxy groups -OCH3 is 5. The highest BCUT2D eigenvalue weighted by Gasteiger charge is 2.37. The van der Waals surface area contributed by atoms with Crippen molar-refractivity contribution in [3.05, 3.63) is 87.0 Å². The molecule has 0 spiro atoms. The van der Waals surface area contributed by atoms with Gasteiger partial charge >= 0.3 is 0 Å². The van der Waals surface area contributed by atoms with Gasteiger partial charge in [0.15, 0.2) is 46.0 Å². The van der Waals surface area contributed by atoms with Crippen molar-refractivity contribution >= 4 is 0 Å². The Kier molecular flexibility index (Phi) is 8.35. The van der Waals surface area contributed by atoms with Gasteiger partial charge in [-0.1, -0.05) is 0 Å². The molecule has 10 rings (SSSR count). The Morgan fingerprint density at radius 2 is 0.962 bits per heavy atom. The van der Waals surface area contributed by atoms with Crippen LogP contribution in [0.15, 0.2) is 42.5 Å². The van der Waals surface area contributed by atoms with Crippen molar-refractivity contribution in [3.8, 4) is 51.7 Å². The van der Waals surface area contributed by atoms with Crippen molar-refractivity contribution in [2.24, 2.45) is 0 Å². The Labute approximate surface area is 303 Å². The smallest absolute Gasteiger partial charge is 0.231 e. The molecule has 0 aliphatic carbocycles. The molecule has 0 aromatic heterocycles. The van der Waals surface area contributed by atoms with E-state index in [1.807, 2.05) is 0 Å². The van der Waals surface area contributed by atoms with Crippen LogP contribution in [0.3, 0.4) is 0 Å². The summed E-state index contributed by atoms with van der Waals surface area (Å²) in [4.78, 5) is 5.07. The van der Waals surface area contributed by atoms with E-state index >= 15 is 0 Å². The number of fused-ring (bicyclic) bond motifs is 10. The van der Waals surface area contributed by atoms with E-state index in [-0.39, 0.29) is 0 Å². The molecule has 11 nitrogen and oxygen atoms in total. The van der Waals surface area contributed by atoms with Crippen LogP contribution in [0.1, 0.15) is 56.6 Å². The number of ether oxygens (including phenoxy) is 9. The van der Waals surface area contributed by atoms with E-state index < -0.39 is 0 Å². The minimum Gasteiger partial charge on any atom is -0.493 e. The Morgan fingerprint density at radius 1 is 0.481 bits per heavy atom. The second-order valence-electron chi connectivity index (χ2n) is 13.9. The molecule has 6 heterocycles. The van der Waals surface area contributed by atoms with Crippen molar-refractivity contribution in [1.29, 1.82) is 0 Å². The molecule has 0 radical (unpaired) electrons. The summed E-state index contributed by atoms with van der Waals surface area (Å²) >= 11 is 0. The molecule has 2 atom stereocenters. The maximum absolute atomic E-state index is 5.72. The Bertz CT molecular complexity index is 2050. The van der Waals surface area contributed by atoms with Gasteiger partial charge in [0.05, 0.1) is 35.5 Å². The Balaban J connectivity index is 0.000000139. The van der Waals surface area contributed by atoms with Crippen LogP contribution in [-0.2, 0) is 38.8 Å². The van der Waals surface area contributed by atoms with Crippen LogP contribution in [0, 0.1) is 0 Å². The average molecular weight is 709 g/mol. The first-order valence-electron chi connectivity index (χ1n) is 17.9. The number of benzene rings is 4. The molecular weight excluding hydrogens is 664 g/mol. The first-order chi connectivity index (χ1) is 25.5. The minimum atomic E-state index is 0.309. The van der Waals surface area contributed by atoms with Gasteiger partial charge in [0.2, 0.25) is 19.3 Å². The lowest BCUT2D eigenvalue weighted by atomic mass is 9.83. The number of hydrogen-bond donors (Lipinski definition) is 0. The van der Waals surface area contributed by atoms with Gasteiger partial charge in [-0.25, -0.2) is 0 Å². The van der Waals surface area contributed by atoms with Crippen molar-refractivity contribution in [2.75, 3.05) is 62.2 Å². The van der Waals surface area contributed by atoms with E-state index in [1.54, 1.807) is 35.5 Å². The van der Waals surface area contributed by atoms with Crippen molar-refractivity contribution < 1.29 is 42.6 Å². The van der Waals surface area contributed by atoms with Gasteiger partial charge < -0.3 is 42.6 Å². The van der Waals surface area contributed by atoms with E-state index in [2.05, 4.69) is 52.3 Å². The van der Waals surface area contributed by atoms with E-state index in [0.717, 1.165) is 92.1 Å². The first-order valence-corrected chi connectivity index (χ1v) is 17.9. The molecule has 2 unspecified atom stereocenters. The summed E-state index contributed by atoms with van der Waals surface area (Å²) < 4.78 is 50.1. The van der Waals surface area contributed by atoms with Crippen LogP contribution in [0.25, 0.3) is 0 Å². The topological polar surface area (TPSA) is 89.6 Å². The quantitative estimate of drug-likeness (QED) is 0.238. The molecule has 0 saturated carbocycles. The fraction of sp³-hybridized carbons (Fsp3) is 0.415. The monoisotopic (exact) mass is 708 g/mol. The number of hydrogen-bond acceptors (Lipinski definition) is 11. The SMILES string of the molecule is COc1cc2c(c(OC)c1OC)CN1CCc3cc4c(cc3C1C2)OCO4.COc1cc2c(cc1OC)CN1CCc3cc4c(cc3C1C2)OCO4.